The van der Waals surface area contributed by atoms with Gasteiger partial charge in [0.15, 0.2) is 6.10 Å². The highest BCUT2D eigenvalue weighted by molar-refractivity contribution is 5.92. The van der Waals surface area contributed by atoms with Crippen molar-refractivity contribution in [2.45, 2.75) is 32.5 Å². The van der Waals surface area contributed by atoms with Crippen LogP contribution in [0, 0.1) is 0 Å². The number of nitrogens with one attached hydrogen (secondary N) is 1. The molecule has 1 N–H and O–H groups in total. The quantitative estimate of drug-likeness (QED) is 0.852. The normalized spacial score (nSPS) is 24.6. The van der Waals surface area contributed by atoms with Gasteiger partial charge in [-0.1, -0.05) is 6.92 Å². The molecule has 1 amide bonds. The van der Waals surface area contributed by atoms with Crippen molar-refractivity contribution in [3.8, 4) is 0 Å². The van der Waals surface area contributed by atoms with E-state index in [1.165, 1.54) is 0 Å². The van der Waals surface area contributed by atoms with Crippen LogP contribution in [0.3, 0.4) is 0 Å². The van der Waals surface area contributed by atoms with Gasteiger partial charge in [0.1, 0.15) is 5.76 Å². The van der Waals surface area contributed by atoms with Crippen LogP contribution in [0.2, 0.25) is 0 Å². The number of carbonyl (C=O) groups excluding carboxylic acids is 1. The Bertz CT molecular complexity index is 391. The van der Waals surface area contributed by atoms with E-state index >= 15 is 0 Å². The molecule has 1 aromatic rings. The number of oxazole rings is 1. The van der Waals surface area contributed by atoms with Gasteiger partial charge in [-0.05, 0) is 6.92 Å². The van der Waals surface area contributed by atoms with Crippen LogP contribution in [0.25, 0.3) is 0 Å². The van der Waals surface area contributed by atoms with Crippen LogP contribution in [0.5, 0.6) is 0 Å². The number of rotatable bonds is 3. The minimum atomic E-state index is -0.610. The van der Waals surface area contributed by atoms with Crippen LogP contribution in [-0.4, -0.2) is 36.3 Å². The lowest BCUT2D eigenvalue weighted by Gasteiger charge is -2.27. The predicted octanol–water partition coefficient (Wildman–Crippen LogP) is 0.979. The van der Waals surface area contributed by atoms with E-state index in [4.69, 9.17) is 13.9 Å². The van der Waals surface area contributed by atoms with Crippen molar-refractivity contribution in [3.63, 3.8) is 0 Å². The van der Waals surface area contributed by atoms with Crippen LogP contribution in [0.4, 0.5) is 6.01 Å². The summed E-state index contributed by atoms with van der Waals surface area (Å²) in [4.78, 5) is 15.8. The van der Waals surface area contributed by atoms with Gasteiger partial charge in [0.2, 0.25) is 0 Å². The fourth-order valence-electron chi connectivity index (χ4n) is 1.63. The first-order valence-electron chi connectivity index (χ1n) is 5.69. The second-order valence-electron chi connectivity index (χ2n) is 3.84. The van der Waals surface area contributed by atoms with Crippen molar-refractivity contribution in [3.05, 3.63) is 12.0 Å². The largest absolute Gasteiger partial charge is 0.429 e. The lowest BCUT2D eigenvalue weighted by molar-refractivity contribution is -0.157. The van der Waals surface area contributed by atoms with Gasteiger partial charge in [-0.15, -0.1) is 0 Å². The third-order valence-corrected chi connectivity index (χ3v) is 2.58. The van der Waals surface area contributed by atoms with Crippen molar-refractivity contribution in [2.75, 3.05) is 18.5 Å². The molecule has 1 aromatic heterocycles. The summed E-state index contributed by atoms with van der Waals surface area (Å²) in [5, 5.41) is 2.58. The van der Waals surface area contributed by atoms with E-state index in [0.29, 0.717) is 13.2 Å². The summed E-state index contributed by atoms with van der Waals surface area (Å²) < 4.78 is 16.0. The van der Waals surface area contributed by atoms with Crippen molar-refractivity contribution < 1.29 is 18.7 Å². The Morgan fingerprint density at radius 1 is 1.53 bits per heavy atom. The summed E-state index contributed by atoms with van der Waals surface area (Å²) in [6.07, 6.45) is 1.46. The molecule has 1 fully saturated rings. The fourth-order valence-corrected chi connectivity index (χ4v) is 1.63. The van der Waals surface area contributed by atoms with Gasteiger partial charge in [-0.3, -0.25) is 10.1 Å². The maximum Gasteiger partial charge on any atom is 0.301 e. The van der Waals surface area contributed by atoms with Gasteiger partial charge in [0.25, 0.3) is 5.91 Å². The lowest BCUT2D eigenvalue weighted by atomic mass is 10.2. The molecule has 0 saturated carbocycles. The number of amides is 1. The van der Waals surface area contributed by atoms with E-state index in [9.17, 15) is 4.79 Å². The van der Waals surface area contributed by atoms with E-state index in [2.05, 4.69) is 10.3 Å². The standard InChI is InChI=1S/C11H16N2O4/c1-3-8-6-12-11(17-8)13-10(14)9-7(2)15-4-5-16-9/h6-7,9H,3-5H2,1-2H3,(H,12,13,14)/t7-,9-/m1/s1. The summed E-state index contributed by atoms with van der Waals surface area (Å²) >= 11 is 0. The number of anilines is 1. The third kappa shape index (κ3) is 2.83. The van der Waals surface area contributed by atoms with Crippen molar-refractivity contribution in [1.82, 2.24) is 4.98 Å². The van der Waals surface area contributed by atoms with Crippen LogP contribution < -0.4 is 5.32 Å². The first-order valence-corrected chi connectivity index (χ1v) is 5.69. The van der Waals surface area contributed by atoms with Crippen LogP contribution in [-0.2, 0) is 20.7 Å². The van der Waals surface area contributed by atoms with E-state index in [-0.39, 0.29) is 18.0 Å². The molecule has 0 unspecified atom stereocenters. The number of hydrogen-bond donors (Lipinski definition) is 1. The number of hydrogen-bond acceptors (Lipinski definition) is 5. The summed E-state index contributed by atoms with van der Waals surface area (Å²) in [7, 11) is 0. The molecule has 6 nitrogen and oxygen atoms in total. The summed E-state index contributed by atoms with van der Waals surface area (Å²) in [6, 6.07) is 0.202. The number of aryl methyl sites for hydroxylation is 1. The summed E-state index contributed by atoms with van der Waals surface area (Å²) in [5.41, 5.74) is 0. The predicted molar refractivity (Wildman–Crippen MR) is 59.7 cm³/mol. The zero-order valence-corrected chi connectivity index (χ0v) is 9.93. The first kappa shape index (κ1) is 12.1. The average Bonchev–Trinajstić information content (AvgIpc) is 2.77. The van der Waals surface area contributed by atoms with Gasteiger partial charge in [0.05, 0.1) is 25.5 Å². The highest BCUT2D eigenvalue weighted by Crippen LogP contribution is 2.14. The van der Waals surface area contributed by atoms with Crippen molar-refractivity contribution in [1.29, 1.82) is 0 Å². The monoisotopic (exact) mass is 240 g/mol. The molecule has 6 heteroatoms. The van der Waals surface area contributed by atoms with Gasteiger partial charge in [-0.25, -0.2) is 4.98 Å². The maximum atomic E-state index is 11.9. The van der Waals surface area contributed by atoms with Gasteiger partial charge in [-0.2, -0.15) is 0 Å². The molecule has 0 aromatic carbocycles. The van der Waals surface area contributed by atoms with Crippen LogP contribution in [0.1, 0.15) is 19.6 Å². The minimum Gasteiger partial charge on any atom is -0.429 e. The molecular weight excluding hydrogens is 224 g/mol. The fraction of sp³-hybridized carbons (Fsp3) is 0.636. The maximum absolute atomic E-state index is 11.9. The Kier molecular flexibility index (Phi) is 3.75. The molecule has 1 aliphatic rings. The SMILES string of the molecule is CCc1cnc(NC(=O)[C@@H]2OCCO[C@@H]2C)o1. The van der Waals surface area contributed by atoms with E-state index in [0.717, 1.165) is 12.2 Å². The number of aromatic nitrogens is 1. The molecule has 1 aliphatic heterocycles. The summed E-state index contributed by atoms with van der Waals surface area (Å²) in [5.74, 6) is 0.441. The second kappa shape index (κ2) is 5.29. The lowest BCUT2D eigenvalue weighted by Crippen LogP contribution is -2.44. The van der Waals surface area contributed by atoms with Gasteiger partial charge >= 0.3 is 6.01 Å². The Balaban J connectivity index is 1.95. The molecule has 1 saturated heterocycles. The van der Waals surface area contributed by atoms with Crippen LogP contribution in [0.15, 0.2) is 10.6 Å². The Morgan fingerprint density at radius 2 is 2.29 bits per heavy atom. The first-order chi connectivity index (χ1) is 8.20. The zero-order chi connectivity index (χ0) is 12.3. The number of nitrogens with zero attached hydrogens (tertiary/aromatic N) is 1. The molecular formula is C11H16N2O4. The van der Waals surface area contributed by atoms with E-state index in [1.54, 1.807) is 13.1 Å². The molecule has 0 radical (unpaired) electrons. The van der Waals surface area contributed by atoms with Crippen molar-refractivity contribution in [2.24, 2.45) is 0 Å². The number of ether oxygens (including phenoxy) is 2. The zero-order valence-electron chi connectivity index (χ0n) is 9.93. The molecule has 2 atom stereocenters. The molecule has 0 aliphatic carbocycles. The summed E-state index contributed by atoms with van der Waals surface area (Å²) in [6.45, 7) is 4.70. The van der Waals surface area contributed by atoms with Crippen LogP contribution >= 0.6 is 0 Å². The topological polar surface area (TPSA) is 73.6 Å². The highest BCUT2D eigenvalue weighted by Gasteiger charge is 2.30. The molecule has 2 rings (SSSR count). The molecule has 94 valence electrons. The van der Waals surface area contributed by atoms with Gasteiger partial charge < -0.3 is 13.9 Å². The second-order valence-corrected chi connectivity index (χ2v) is 3.84. The molecule has 2 heterocycles. The van der Waals surface area contributed by atoms with Crippen molar-refractivity contribution >= 4 is 11.9 Å². The number of carbonyl (C=O) groups is 1. The Hall–Kier alpha value is -1.40. The molecule has 0 spiro atoms. The van der Waals surface area contributed by atoms with E-state index < -0.39 is 6.10 Å². The Morgan fingerprint density at radius 3 is 2.94 bits per heavy atom. The van der Waals surface area contributed by atoms with Gasteiger partial charge in [0, 0.05) is 6.42 Å². The average molecular weight is 240 g/mol. The molecule has 0 bridgehead atoms. The Labute approximate surface area is 99.3 Å². The smallest absolute Gasteiger partial charge is 0.301 e. The van der Waals surface area contributed by atoms with E-state index in [1.807, 2.05) is 6.92 Å². The highest BCUT2D eigenvalue weighted by atomic mass is 16.6. The molecule has 17 heavy (non-hydrogen) atoms. The third-order valence-electron chi connectivity index (χ3n) is 2.58. The minimum absolute atomic E-state index is 0.202.